The van der Waals surface area contributed by atoms with Gasteiger partial charge in [-0.1, -0.05) is 13.3 Å². The summed E-state index contributed by atoms with van der Waals surface area (Å²) in [6.07, 6.45) is 3.38. The number of benzene rings is 1. The molecule has 1 aromatic carbocycles. The van der Waals surface area contributed by atoms with E-state index in [0.717, 1.165) is 25.7 Å². The monoisotopic (exact) mass is 481 g/mol. The van der Waals surface area contributed by atoms with Crippen molar-refractivity contribution >= 4 is 27.6 Å². The Morgan fingerprint density at radius 3 is 2.39 bits per heavy atom. The SMILES string of the molecule is CCC(C)(C)NC(=O)COC(=O)c1cc(S(=O)(=O)N2CCCCC2)ccc1N1CCOCC1. The van der Waals surface area contributed by atoms with Gasteiger partial charge in [-0.2, -0.15) is 4.31 Å². The molecule has 1 N–H and O–H groups in total. The minimum Gasteiger partial charge on any atom is -0.452 e. The van der Waals surface area contributed by atoms with E-state index in [2.05, 4.69) is 5.32 Å². The highest BCUT2D eigenvalue weighted by molar-refractivity contribution is 7.89. The number of sulfonamides is 1. The number of anilines is 1. The van der Waals surface area contributed by atoms with Crippen LogP contribution in [0.15, 0.2) is 23.1 Å². The van der Waals surface area contributed by atoms with Crippen molar-refractivity contribution in [2.75, 3.05) is 50.9 Å². The smallest absolute Gasteiger partial charge is 0.340 e. The predicted molar refractivity (Wildman–Crippen MR) is 125 cm³/mol. The summed E-state index contributed by atoms with van der Waals surface area (Å²) in [5, 5.41) is 2.82. The van der Waals surface area contributed by atoms with Crippen LogP contribution in [0.3, 0.4) is 0 Å². The lowest BCUT2D eigenvalue weighted by molar-refractivity contribution is -0.125. The third-order valence-corrected chi connectivity index (χ3v) is 8.08. The summed E-state index contributed by atoms with van der Waals surface area (Å²) < 4.78 is 38.5. The maximum atomic E-state index is 13.2. The Morgan fingerprint density at radius 1 is 1.09 bits per heavy atom. The van der Waals surface area contributed by atoms with Gasteiger partial charge >= 0.3 is 5.97 Å². The summed E-state index contributed by atoms with van der Waals surface area (Å²) in [5.41, 5.74) is 0.304. The van der Waals surface area contributed by atoms with Crippen LogP contribution in [0.2, 0.25) is 0 Å². The second-order valence-corrected chi connectivity index (χ2v) is 11.0. The van der Waals surface area contributed by atoms with Gasteiger partial charge in [0.1, 0.15) is 0 Å². The van der Waals surface area contributed by atoms with E-state index in [4.69, 9.17) is 9.47 Å². The largest absolute Gasteiger partial charge is 0.452 e. The third kappa shape index (κ3) is 6.45. The first-order chi connectivity index (χ1) is 15.6. The van der Waals surface area contributed by atoms with Crippen LogP contribution >= 0.6 is 0 Å². The summed E-state index contributed by atoms with van der Waals surface area (Å²) in [5.74, 6) is -1.13. The molecule has 2 aliphatic heterocycles. The number of ether oxygens (including phenoxy) is 2. The Bertz CT molecular complexity index is 951. The maximum Gasteiger partial charge on any atom is 0.340 e. The molecular formula is C23H35N3O6S. The number of hydrogen-bond donors (Lipinski definition) is 1. The summed E-state index contributed by atoms with van der Waals surface area (Å²) in [6.45, 7) is 8.40. The molecule has 1 amide bonds. The Hall–Kier alpha value is -2.17. The van der Waals surface area contributed by atoms with Crippen molar-refractivity contribution in [1.29, 1.82) is 0 Å². The number of amides is 1. The highest BCUT2D eigenvalue weighted by Crippen LogP contribution is 2.28. The van der Waals surface area contributed by atoms with Crippen LogP contribution in [-0.2, 0) is 24.3 Å². The highest BCUT2D eigenvalue weighted by atomic mass is 32.2. The van der Waals surface area contributed by atoms with Crippen LogP contribution in [0, 0.1) is 0 Å². The molecule has 33 heavy (non-hydrogen) atoms. The van der Waals surface area contributed by atoms with Gasteiger partial charge in [0.15, 0.2) is 6.61 Å². The first kappa shape index (κ1) is 25.5. The molecule has 0 saturated carbocycles. The second-order valence-electron chi connectivity index (χ2n) is 9.10. The van der Waals surface area contributed by atoms with Gasteiger partial charge < -0.3 is 19.7 Å². The van der Waals surface area contributed by atoms with E-state index in [1.807, 2.05) is 25.7 Å². The molecule has 0 atom stereocenters. The number of esters is 1. The van der Waals surface area contributed by atoms with E-state index in [9.17, 15) is 18.0 Å². The number of morpholine rings is 1. The molecule has 0 unspecified atom stereocenters. The number of nitrogens with one attached hydrogen (secondary N) is 1. The van der Waals surface area contributed by atoms with Gasteiger partial charge in [-0.25, -0.2) is 13.2 Å². The first-order valence-corrected chi connectivity index (χ1v) is 13.0. The molecule has 0 spiro atoms. The van der Waals surface area contributed by atoms with Gasteiger partial charge in [-0.15, -0.1) is 0 Å². The fraction of sp³-hybridized carbons (Fsp3) is 0.652. The molecule has 2 aliphatic rings. The molecule has 0 bridgehead atoms. The summed E-state index contributed by atoms with van der Waals surface area (Å²) in [7, 11) is -3.72. The fourth-order valence-corrected chi connectivity index (χ4v) is 5.43. The van der Waals surface area contributed by atoms with E-state index in [0.29, 0.717) is 45.1 Å². The minimum absolute atomic E-state index is 0.0601. The van der Waals surface area contributed by atoms with Crippen LogP contribution in [0.4, 0.5) is 5.69 Å². The Balaban J connectivity index is 1.85. The van der Waals surface area contributed by atoms with Crippen LogP contribution < -0.4 is 10.2 Å². The molecule has 0 aliphatic carbocycles. The van der Waals surface area contributed by atoms with Crippen LogP contribution in [0.25, 0.3) is 0 Å². The number of carbonyl (C=O) groups is 2. The van der Waals surface area contributed by atoms with Gasteiger partial charge in [0.2, 0.25) is 10.0 Å². The van der Waals surface area contributed by atoms with Crippen molar-refractivity contribution in [3.8, 4) is 0 Å². The molecule has 1 aromatic rings. The zero-order valence-corrected chi connectivity index (χ0v) is 20.6. The minimum atomic E-state index is -3.72. The lowest BCUT2D eigenvalue weighted by Gasteiger charge is -2.31. The standard InChI is InChI=1S/C23H35N3O6S/c1-4-23(2,3)24-21(27)17-32-22(28)19-16-18(33(29,30)26-10-6-5-7-11-26)8-9-20(19)25-12-14-31-15-13-25/h8-9,16H,4-7,10-15,17H2,1-3H3,(H,24,27). The van der Waals surface area contributed by atoms with E-state index in [1.54, 1.807) is 12.1 Å². The maximum absolute atomic E-state index is 13.2. The van der Waals surface area contributed by atoms with Crippen LogP contribution in [-0.4, -0.2) is 76.1 Å². The summed E-state index contributed by atoms with van der Waals surface area (Å²) in [6, 6.07) is 4.58. The number of hydrogen-bond acceptors (Lipinski definition) is 7. The van der Waals surface area contributed by atoms with Gasteiger partial charge in [0.05, 0.1) is 29.4 Å². The van der Waals surface area contributed by atoms with Gasteiger partial charge in [0.25, 0.3) is 5.91 Å². The van der Waals surface area contributed by atoms with Crippen LogP contribution in [0.5, 0.6) is 0 Å². The van der Waals surface area contributed by atoms with Gasteiger partial charge in [-0.05, 0) is 51.3 Å². The Labute approximate surface area is 196 Å². The molecule has 10 heteroatoms. The average molecular weight is 482 g/mol. The average Bonchev–Trinajstić information content (AvgIpc) is 2.83. The van der Waals surface area contributed by atoms with Crippen molar-refractivity contribution in [2.45, 2.75) is 56.9 Å². The van der Waals surface area contributed by atoms with E-state index < -0.39 is 34.0 Å². The molecule has 2 fully saturated rings. The lowest BCUT2D eigenvalue weighted by atomic mass is 10.0. The highest BCUT2D eigenvalue weighted by Gasteiger charge is 2.29. The van der Waals surface area contributed by atoms with E-state index in [1.165, 1.54) is 10.4 Å². The lowest BCUT2D eigenvalue weighted by Crippen LogP contribution is -2.44. The van der Waals surface area contributed by atoms with Crippen molar-refractivity contribution in [1.82, 2.24) is 9.62 Å². The van der Waals surface area contributed by atoms with Gasteiger partial charge in [-0.3, -0.25) is 4.79 Å². The zero-order valence-electron chi connectivity index (χ0n) is 19.8. The molecule has 0 radical (unpaired) electrons. The number of rotatable bonds is 8. The fourth-order valence-electron chi connectivity index (χ4n) is 3.88. The van der Waals surface area contributed by atoms with Crippen molar-refractivity contribution in [2.24, 2.45) is 0 Å². The predicted octanol–water partition coefficient (Wildman–Crippen LogP) is 2.16. The second kappa shape index (κ2) is 10.8. The zero-order chi connectivity index (χ0) is 24.1. The van der Waals surface area contributed by atoms with Crippen molar-refractivity contribution in [3.63, 3.8) is 0 Å². The van der Waals surface area contributed by atoms with Crippen LogP contribution in [0.1, 0.15) is 56.8 Å². The number of piperidine rings is 1. The quantitative estimate of drug-likeness (QED) is 0.567. The molecule has 3 rings (SSSR count). The Morgan fingerprint density at radius 2 is 1.76 bits per heavy atom. The van der Waals surface area contributed by atoms with E-state index in [-0.39, 0.29) is 10.5 Å². The molecule has 2 heterocycles. The van der Waals surface area contributed by atoms with Crippen molar-refractivity contribution < 1.29 is 27.5 Å². The topological polar surface area (TPSA) is 105 Å². The van der Waals surface area contributed by atoms with Crippen molar-refractivity contribution in [3.05, 3.63) is 23.8 Å². The molecular weight excluding hydrogens is 446 g/mol. The first-order valence-electron chi connectivity index (χ1n) is 11.6. The Kier molecular flexibility index (Phi) is 8.36. The molecule has 2 saturated heterocycles. The third-order valence-electron chi connectivity index (χ3n) is 6.19. The van der Waals surface area contributed by atoms with Gasteiger partial charge in [0, 0.05) is 31.7 Å². The number of nitrogens with zero attached hydrogens (tertiary/aromatic N) is 2. The number of carbonyl (C=O) groups excluding carboxylic acids is 2. The molecule has 9 nitrogen and oxygen atoms in total. The molecule has 0 aromatic heterocycles. The molecule has 184 valence electrons. The summed E-state index contributed by atoms with van der Waals surface area (Å²) in [4.78, 5) is 27.3. The normalized spacial score (nSPS) is 18.1. The van der Waals surface area contributed by atoms with E-state index >= 15 is 0 Å². The summed E-state index contributed by atoms with van der Waals surface area (Å²) >= 11 is 0.